The van der Waals surface area contributed by atoms with E-state index in [-0.39, 0.29) is 16.9 Å². The third kappa shape index (κ3) is 3.80. The number of benzene rings is 1. The van der Waals surface area contributed by atoms with Crippen LogP contribution in [0.15, 0.2) is 34.0 Å². The highest BCUT2D eigenvalue weighted by atomic mass is 127. The number of rotatable bonds is 2. The van der Waals surface area contributed by atoms with Gasteiger partial charge in [-0.05, 0) is 137 Å². The lowest BCUT2D eigenvalue weighted by Gasteiger charge is -2.57. The van der Waals surface area contributed by atoms with Crippen LogP contribution in [0, 0.1) is 35.7 Å². The van der Waals surface area contributed by atoms with Crippen molar-refractivity contribution in [3.63, 3.8) is 0 Å². The lowest BCUT2D eigenvalue weighted by atomic mass is 9.48. The fraction of sp³-hybridized carbons (Fsp3) is 0.615. The number of hydrogen-bond acceptors (Lipinski definition) is 4. The number of phenols is 1. The van der Waals surface area contributed by atoms with Crippen molar-refractivity contribution in [2.24, 2.45) is 38.8 Å². The van der Waals surface area contributed by atoms with Gasteiger partial charge in [0, 0.05) is 11.1 Å². The second-order valence-electron chi connectivity index (χ2n) is 10.8. The van der Waals surface area contributed by atoms with Crippen molar-refractivity contribution in [3.05, 3.63) is 36.5 Å². The second-order valence-corrected chi connectivity index (χ2v) is 13.1. The molecule has 6 atom stereocenters. The Labute approximate surface area is 218 Å². The molecule has 6 heteroatoms. The average molecular weight is 658 g/mol. The van der Waals surface area contributed by atoms with Gasteiger partial charge in [0.25, 0.3) is 0 Å². The molecule has 4 aliphatic carbocycles. The Morgan fingerprint density at radius 2 is 1.72 bits per heavy atom. The molecule has 0 spiro atoms. The van der Waals surface area contributed by atoms with Gasteiger partial charge < -0.3 is 10.2 Å². The zero-order chi connectivity index (χ0) is 22.7. The summed E-state index contributed by atoms with van der Waals surface area (Å²) in [5.74, 6) is 2.50. The molecular formula is C26H32I2N2O2. The van der Waals surface area contributed by atoms with Crippen molar-refractivity contribution in [1.82, 2.24) is 0 Å². The van der Waals surface area contributed by atoms with Crippen LogP contribution >= 0.6 is 45.2 Å². The van der Waals surface area contributed by atoms with Crippen LogP contribution in [-0.2, 0) is 0 Å². The number of aliphatic hydroxyl groups is 1. The summed E-state index contributed by atoms with van der Waals surface area (Å²) in [6.07, 6.45) is 13.1. The highest BCUT2D eigenvalue weighted by Crippen LogP contribution is 2.64. The largest absolute Gasteiger partial charge is 0.506 e. The van der Waals surface area contributed by atoms with Crippen molar-refractivity contribution in [1.29, 1.82) is 0 Å². The number of nitrogens with zero attached hydrogens (tertiary/aromatic N) is 2. The predicted molar refractivity (Wildman–Crippen MR) is 146 cm³/mol. The van der Waals surface area contributed by atoms with Crippen LogP contribution in [0.25, 0.3) is 0 Å². The van der Waals surface area contributed by atoms with Crippen molar-refractivity contribution in [2.45, 2.75) is 71.3 Å². The number of aliphatic hydroxyl groups excluding tert-OH is 1. The van der Waals surface area contributed by atoms with Gasteiger partial charge in [0.2, 0.25) is 0 Å². The molecule has 0 radical (unpaired) electrons. The zero-order valence-electron chi connectivity index (χ0n) is 18.8. The van der Waals surface area contributed by atoms with Gasteiger partial charge in [-0.3, -0.25) is 0 Å². The van der Waals surface area contributed by atoms with E-state index < -0.39 is 0 Å². The van der Waals surface area contributed by atoms with Crippen LogP contribution in [0.4, 0.5) is 0 Å². The molecule has 0 aliphatic heterocycles. The van der Waals surface area contributed by atoms with Crippen molar-refractivity contribution >= 4 is 57.1 Å². The summed E-state index contributed by atoms with van der Waals surface area (Å²) in [5.41, 5.74) is 4.23. The molecule has 0 heterocycles. The maximum Gasteiger partial charge on any atom is 0.142 e. The minimum atomic E-state index is -0.136. The summed E-state index contributed by atoms with van der Waals surface area (Å²) in [6, 6.07) is 3.89. The second kappa shape index (κ2) is 8.63. The molecule has 172 valence electrons. The third-order valence-corrected chi connectivity index (χ3v) is 10.9. The first kappa shape index (κ1) is 23.3. The number of hydrogen-bond donors (Lipinski definition) is 2. The summed E-state index contributed by atoms with van der Waals surface area (Å²) < 4.78 is 1.67. The maximum absolute atomic E-state index is 10.2. The lowest BCUT2D eigenvalue weighted by molar-refractivity contribution is -0.0209. The summed E-state index contributed by atoms with van der Waals surface area (Å²) >= 11 is 4.31. The van der Waals surface area contributed by atoms with Gasteiger partial charge in [-0.25, -0.2) is 0 Å². The summed E-state index contributed by atoms with van der Waals surface area (Å²) in [4.78, 5) is 0. The molecule has 0 unspecified atom stereocenters. The van der Waals surface area contributed by atoms with E-state index in [0.29, 0.717) is 11.7 Å². The molecule has 0 bridgehead atoms. The Kier molecular flexibility index (Phi) is 6.27. The summed E-state index contributed by atoms with van der Waals surface area (Å²) in [5, 5.41) is 29.5. The van der Waals surface area contributed by atoms with Gasteiger partial charge in [-0.1, -0.05) is 25.5 Å². The first-order valence-electron chi connectivity index (χ1n) is 11.9. The Balaban J connectivity index is 1.37. The zero-order valence-corrected chi connectivity index (χ0v) is 23.1. The minimum absolute atomic E-state index is 0.136. The molecule has 4 aliphatic rings. The lowest BCUT2D eigenvalue weighted by Crippen LogP contribution is -2.50. The predicted octanol–water partition coefficient (Wildman–Crippen LogP) is 6.70. The topological polar surface area (TPSA) is 65.2 Å². The normalized spacial score (nSPS) is 40.2. The van der Waals surface area contributed by atoms with Gasteiger partial charge in [0.15, 0.2) is 0 Å². The van der Waals surface area contributed by atoms with E-state index in [4.69, 9.17) is 5.10 Å². The minimum Gasteiger partial charge on any atom is -0.506 e. The molecule has 4 nitrogen and oxygen atoms in total. The molecule has 0 aromatic heterocycles. The van der Waals surface area contributed by atoms with Crippen molar-refractivity contribution < 1.29 is 10.2 Å². The van der Waals surface area contributed by atoms with E-state index in [9.17, 15) is 10.2 Å². The molecular weight excluding hydrogens is 626 g/mol. The Morgan fingerprint density at radius 3 is 2.47 bits per heavy atom. The number of fused-ring (bicyclic) bond motifs is 5. The monoisotopic (exact) mass is 658 g/mol. The molecule has 1 aromatic carbocycles. The molecule has 1 aromatic rings. The smallest absolute Gasteiger partial charge is 0.142 e. The Bertz CT molecular complexity index is 996. The molecule has 32 heavy (non-hydrogen) atoms. The molecule has 0 saturated heterocycles. The van der Waals surface area contributed by atoms with E-state index in [1.54, 1.807) is 0 Å². The van der Waals surface area contributed by atoms with E-state index in [1.165, 1.54) is 37.0 Å². The van der Waals surface area contributed by atoms with Crippen LogP contribution in [0.1, 0.15) is 70.8 Å². The van der Waals surface area contributed by atoms with Crippen LogP contribution in [0.5, 0.6) is 5.75 Å². The molecule has 2 N–H and O–H groups in total. The first-order chi connectivity index (χ1) is 15.2. The van der Waals surface area contributed by atoms with Crippen molar-refractivity contribution in [3.8, 4) is 5.75 Å². The maximum atomic E-state index is 10.2. The molecule has 3 saturated carbocycles. The van der Waals surface area contributed by atoms with E-state index >= 15 is 0 Å². The molecule has 5 rings (SSSR count). The Morgan fingerprint density at radius 1 is 1.03 bits per heavy atom. The van der Waals surface area contributed by atoms with Gasteiger partial charge in [0.1, 0.15) is 5.75 Å². The fourth-order valence-corrected chi connectivity index (χ4v) is 9.24. The highest BCUT2D eigenvalue weighted by molar-refractivity contribution is 14.1. The van der Waals surface area contributed by atoms with Crippen molar-refractivity contribution in [2.75, 3.05) is 0 Å². The van der Waals surface area contributed by atoms with Crippen LogP contribution < -0.4 is 0 Å². The van der Waals surface area contributed by atoms with E-state index in [0.717, 1.165) is 50.2 Å². The van der Waals surface area contributed by atoms with E-state index in [1.807, 2.05) is 18.3 Å². The Hall–Kier alpha value is -0.480. The number of phenolic OH excluding ortho intramolecular Hbond substituents is 1. The highest BCUT2D eigenvalue weighted by Gasteiger charge is 2.57. The first-order valence-corrected chi connectivity index (χ1v) is 14.0. The van der Waals surface area contributed by atoms with Gasteiger partial charge >= 0.3 is 0 Å². The van der Waals surface area contributed by atoms with Crippen LogP contribution in [-0.4, -0.2) is 28.2 Å². The van der Waals surface area contributed by atoms with Gasteiger partial charge in [-0.2, -0.15) is 10.2 Å². The third-order valence-electron chi connectivity index (χ3n) is 9.24. The van der Waals surface area contributed by atoms with Gasteiger partial charge in [-0.15, -0.1) is 0 Å². The van der Waals surface area contributed by atoms with Gasteiger partial charge in [0.05, 0.1) is 19.5 Å². The number of halogens is 2. The quantitative estimate of drug-likeness (QED) is 0.161. The van der Waals surface area contributed by atoms with Crippen LogP contribution in [0.2, 0.25) is 0 Å². The fourth-order valence-electron chi connectivity index (χ4n) is 7.42. The average Bonchev–Trinajstić information content (AvgIpc) is 3.09. The molecule has 3 fully saturated rings. The van der Waals surface area contributed by atoms with E-state index in [2.05, 4.69) is 70.2 Å². The number of allylic oxidation sites excluding steroid dienone is 1. The molecule has 0 amide bonds. The summed E-state index contributed by atoms with van der Waals surface area (Å²) in [6.45, 7) is 4.92. The standard InChI is InChI=1S/C26H32I2N2O2/c1-25-9-7-17(31)13-16(25)3-4-18-19-5-6-23(26(19,2)10-8-20(18)25)30-29-14-15-11-21(27)24(32)22(28)12-15/h3,11-12,14,17-20,31-32H,4-10,13H2,1-2H3/b29-14-,30-23-/t17-,18-,19-,20-,25+,26+/m1/s1. The van der Waals surface area contributed by atoms with Crippen LogP contribution in [0.3, 0.4) is 0 Å². The SMILES string of the molecule is C[C@]12CC[C@@H](O)CC1=CC[C@H]1[C@H]2CC[C@]2(C)/C(=N\N=C/c3cc(I)c(O)c(I)c3)CC[C@H]12. The summed E-state index contributed by atoms with van der Waals surface area (Å²) in [7, 11) is 0. The number of aromatic hydroxyl groups is 1.